The van der Waals surface area contributed by atoms with Crippen LogP contribution in [0.4, 0.5) is 21.0 Å². The van der Waals surface area contributed by atoms with Gasteiger partial charge < -0.3 is 25.4 Å². The van der Waals surface area contributed by atoms with Crippen molar-refractivity contribution in [1.82, 2.24) is 34.3 Å². The molecule has 0 bridgehead atoms. The van der Waals surface area contributed by atoms with Crippen molar-refractivity contribution in [1.29, 1.82) is 0 Å². The summed E-state index contributed by atoms with van der Waals surface area (Å²) in [5.41, 5.74) is 11.3. The van der Waals surface area contributed by atoms with E-state index in [4.69, 9.17) is 9.47 Å². The molecule has 0 radical (unpaired) electrons. The second-order valence-corrected chi connectivity index (χ2v) is 19.8. The van der Waals surface area contributed by atoms with E-state index in [9.17, 15) is 26.4 Å². The maximum Gasteiger partial charge on any atom is 0.333 e. The molecule has 60 heavy (non-hydrogen) atoms. The number of ether oxygens (including phenoxy) is 2. The fourth-order valence-electron chi connectivity index (χ4n) is 9.56. The van der Waals surface area contributed by atoms with Crippen molar-refractivity contribution >= 4 is 43.5 Å². The van der Waals surface area contributed by atoms with Gasteiger partial charge in [-0.05, 0) is 135 Å². The molecule has 2 aromatic heterocycles. The van der Waals surface area contributed by atoms with Gasteiger partial charge in [-0.1, -0.05) is 19.1 Å². The molecule has 5 N–H and O–H groups in total. The summed E-state index contributed by atoms with van der Waals surface area (Å²) >= 11 is 0. The molecule has 6 aliphatic rings. The van der Waals surface area contributed by atoms with Crippen LogP contribution in [0, 0.1) is 5.92 Å². The molecule has 4 amide bonds. The lowest BCUT2D eigenvalue weighted by molar-refractivity contribution is 0.157. The van der Waals surface area contributed by atoms with Crippen LogP contribution in [0.2, 0.25) is 0 Å². The summed E-state index contributed by atoms with van der Waals surface area (Å²) in [6, 6.07) is 3.08. The Balaban J connectivity index is 0.000000154. The van der Waals surface area contributed by atoms with Crippen LogP contribution in [0.1, 0.15) is 83.5 Å². The number of hydrogen-bond acceptors (Lipinski definition) is 11. The molecule has 4 heterocycles. The Morgan fingerprint density at radius 3 is 1.48 bits per heavy atom. The first-order chi connectivity index (χ1) is 28.9. The average molecular weight is 862 g/mol. The molecule has 0 spiro atoms. The maximum absolute atomic E-state index is 12.9. The van der Waals surface area contributed by atoms with E-state index in [1.807, 2.05) is 7.05 Å². The molecule has 2 atom stereocenters. The Morgan fingerprint density at radius 1 is 0.650 bits per heavy atom. The highest BCUT2D eigenvalue weighted by molar-refractivity contribution is 7.90. The van der Waals surface area contributed by atoms with Crippen molar-refractivity contribution in [2.45, 2.75) is 119 Å². The molecule has 0 fully saturated rings. The first-order valence-corrected chi connectivity index (χ1v) is 23.9. The fraction of sp³-hybridized carbons (Fsp3) is 0.512. The van der Waals surface area contributed by atoms with E-state index in [0.717, 1.165) is 117 Å². The number of fused-ring (bicyclic) bond motifs is 6. The largest absolute Gasteiger partial charge is 0.476 e. The molecule has 2 aliphatic heterocycles. The first kappa shape index (κ1) is 40.3. The Hall–Kier alpha value is -5.14. The Labute approximate surface area is 349 Å². The molecule has 10 rings (SSSR count). The summed E-state index contributed by atoms with van der Waals surface area (Å²) in [4.78, 5) is 25.2. The van der Waals surface area contributed by atoms with Crippen LogP contribution in [0.15, 0.2) is 34.3 Å². The summed E-state index contributed by atoms with van der Waals surface area (Å²) in [6.45, 7) is 3.94. The molecule has 19 heteroatoms. The van der Waals surface area contributed by atoms with Gasteiger partial charge in [0.15, 0.2) is 9.79 Å². The SMILES string of the molecule is CC[C@H]1COc2c(S(=O)(=O)NC(=O)Nc3c4c(cc5c3CCC5)CCC4)cnn2C1.CN[C@H]1COc2c(S(=O)(=O)NC(=O)Nc3c4c(cc5c3CCC5)CCC4)cnn2C1. The lowest BCUT2D eigenvalue weighted by atomic mass is 9.99. The highest BCUT2D eigenvalue weighted by Gasteiger charge is 2.34. The third-order valence-electron chi connectivity index (χ3n) is 12.7. The number of sulfonamides is 2. The van der Waals surface area contributed by atoms with Gasteiger partial charge in [0.1, 0.15) is 6.61 Å². The minimum Gasteiger partial charge on any atom is -0.476 e. The number of carbonyl (C=O) groups excluding carboxylic acids is 2. The number of likely N-dealkylation sites (N-methyl/N-ethyl adjacent to an activating group) is 1. The van der Waals surface area contributed by atoms with Crippen LogP contribution in [0.3, 0.4) is 0 Å². The number of benzene rings is 2. The van der Waals surface area contributed by atoms with Gasteiger partial charge in [0.2, 0.25) is 11.8 Å². The van der Waals surface area contributed by atoms with Gasteiger partial charge in [-0.25, -0.2) is 45.2 Å². The summed E-state index contributed by atoms with van der Waals surface area (Å²) in [6.07, 6.45) is 15.3. The zero-order chi connectivity index (χ0) is 41.8. The monoisotopic (exact) mass is 861 g/mol. The predicted octanol–water partition coefficient (Wildman–Crippen LogP) is 4.14. The van der Waals surface area contributed by atoms with Gasteiger partial charge >= 0.3 is 12.1 Å². The number of nitrogens with zero attached hydrogens (tertiary/aromatic N) is 4. The molecule has 320 valence electrons. The highest BCUT2D eigenvalue weighted by Crippen LogP contribution is 2.40. The third kappa shape index (κ3) is 7.59. The number of hydrogen-bond donors (Lipinski definition) is 5. The molecule has 4 aromatic rings. The Kier molecular flexibility index (Phi) is 10.8. The normalized spacial score (nSPS) is 19.6. The number of rotatable bonds is 8. The second kappa shape index (κ2) is 16.0. The van der Waals surface area contributed by atoms with Gasteiger partial charge in [-0.15, -0.1) is 0 Å². The van der Waals surface area contributed by atoms with Gasteiger partial charge in [0, 0.05) is 17.3 Å². The Morgan fingerprint density at radius 2 is 1.07 bits per heavy atom. The number of carbonyl (C=O) groups is 2. The molecule has 0 saturated heterocycles. The topological polar surface area (TPSA) is 217 Å². The number of amides is 4. The van der Waals surface area contributed by atoms with E-state index >= 15 is 0 Å². The summed E-state index contributed by atoms with van der Waals surface area (Å²) < 4.78 is 70.1. The second-order valence-electron chi connectivity index (χ2n) is 16.5. The Bertz CT molecular complexity index is 2360. The standard InChI is InChI=1S/C21H26N4O4S.C20H25N5O4S/c1-2-13-11-25-20(29-12-13)18(10-22-25)30(27,28)24-21(26)23-19-16-7-3-5-14(16)9-15-6-4-8-17(15)19;1-21-14-10-25-19(29-11-14)17(9-22-25)30(27,28)24-20(26)23-18-15-6-2-4-12(15)8-13-5-3-7-16(13)18/h9-10,13H,2-8,11-12H2,1H3,(H2,23,24,26);8-9,14,21H,2-7,10-11H2,1H3,(H2,23,24,26)/t13-;14-/m11/s1. The van der Waals surface area contributed by atoms with Gasteiger partial charge in [0.05, 0.1) is 38.1 Å². The van der Waals surface area contributed by atoms with Gasteiger partial charge in [-0.3, -0.25) is 0 Å². The maximum atomic E-state index is 12.9. The van der Waals surface area contributed by atoms with Crippen molar-refractivity contribution < 1.29 is 35.9 Å². The van der Waals surface area contributed by atoms with Crippen LogP contribution in [-0.4, -0.2) is 74.8 Å². The van der Waals surface area contributed by atoms with E-state index < -0.39 is 32.1 Å². The minimum atomic E-state index is -4.12. The van der Waals surface area contributed by atoms with Gasteiger partial charge in [0.25, 0.3) is 20.0 Å². The molecule has 17 nitrogen and oxygen atoms in total. The van der Waals surface area contributed by atoms with Gasteiger partial charge in [-0.2, -0.15) is 10.2 Å². The summed E-state index contributed by atoms with van der Waals surface area (Å²) in [5.74, 6) is 0.649. The quantitative estimate of drug-likeness (QED) is 0.170. The summed E-state index contributed by atoms with van der Waals surface area (Å²) in [5, 5.41) is 17.0. The van der Waals surface area contributed by atoms with Crippen LogP contribution in [0.5, 0.6) is 11.8 Å². The van der Waals surface area contributed by atoms with Crippen LogP contribution < -0.4 is 34.9 Å². The lowest BCUT2D eigenvalue weighted by Gasteiger charge is -2.24. The number of aromatic nitrogens is 4. The van der Waals surface area contributed by atoms with Crippen molar-refractivity contribution in [2.75, 3.05) is 30.9 Å². The number of urea groups is 2. The first-order valence-electron chi connectivity index (χ1n) is 21.0. The van der Waals surface area contributed by atoms with E-state index in [0.29, 0.717) is 32.2 Å². The van der Waals surface area contributed by atoms with Crippen molar-refractivity contribution in [3.8, 4) is 11.8 Å². The van der Waals surface area contributed by atoms with E-state index in [1.165, 1.54) is 39.3 Å². The molecule has 4 aliphatic carbocycles. The predicted molar refractivity (Wildman–Crippen MR) is 222 cm³/mol. The van der Waals surface area contributed by atoms with Crippen molar-refractivity contribution in [3.05, 3.63) is 69.0 Å². The van der Waals surface area contributed by atoms with Crippen molar-refractivity contribution in [2.24, 2.45) is 5.92 Å². The van der Waals surface area contributed by atoms with Crippen molar-refractivity contribution in [3.63, 3.8) is 0 Å². The van der Waals surface area contributed by atoms with Crippen LogP contribution in [0.25, 0.3) is 0 Å². The van der Waals surface area contributed by atoms with Crippen LogP contribution in [-0.2, 0) is 84.5 Å². The third-order valence-corrected chi connectivity index (χ3v) is 15.3. The molecule has 0 saturated carbocycles. The highest BCUT2D eigenvalue weighted by atomic mass is 32.2. The molecule has 2 aromatic carbocycles. The van der Waals surface area contributed by atoms with E-state index in [1.54, 1.807) is 4.68 Å². The lowest BCUT2D eigenvalue weighted by Crippen LogP contribution is -2.40. The number of nitrogens with one attached hydrogen (secondary N) is 5. The van der Waals surface area contributed by atoms with E-state index in [-0.39, 0.29) is 27.6 Å². The summed E-state index contributed by atoms with van der Waals surface area (Å²) in [7, 11) is -6.41. The number of anilines is 2. The molecule has 0 unspecified atom stereocenters. The minimum absolute atomic E-state index is 0.0477. The smallest absolute Gasteiger partial charge is 0.333 e. The molecular formula is C41H51N9O8S2. The zero-order valence-electron chi connectivity index (χ0n) is 33.9. The molecular weight excluding hydrogens is 811 g/mol. The fourth-order valence-corrected chi connectivity index (χ4v) is 11.5. The average Bonchev–Trinajstić information content (AvgIpc) is 4.07. The van der Waals surface area contributed by atoms with E-state index in [2.05, 4.69) is 54.6 Å². The zero-order valence-corrected chi connectivity index (χ0v) is 35.5. The number of aryl methyl sites for hydroxylation is 4. The van der Waals surface area contributed by atoms with Crippen LogP contribution >= 0.6 is 0 Å².